The van der Waals surface area contributed by atoms with E-state index in [4.69, 9.17) is 4.74 Å². The lowest BCUT2D eigenvalue weighted by Gasteiger charge is -2.31. The van der Waals surface area contributed by atoms with E-state index in [1.165, 1.54) is 0 Å². The van der Waals surface area contributed by atoms with Gasteiger partial charge in [-0.15, -0.1) is 5.73 Å². The number of rotatable bonds is 3. The molecule has 0 spiro atoms. The maximum atomic E-state index is 11.8. The Kier molecular flexibility index (Phi) is 3.92. The average molecular weight is 232 g/mol. The molecule has 0 saturated carbocycles. The molecule has 2 nitrogen and oxygen atoms in total. The van der Waals surface area contributed by atoms with Gasteiger partial charge in [-0.25, -0.2) is 0 Å². The lowest BCUT2D eigenvalue weighted by atomic mass is 9.78. The van der Waals surface area contributed by atoms with Crippen LogP contribution in [0.1, 0.15) is 27.7 Å². The molecule has 0 radical (unpaired) electrons. The minimum Gasteiger partial charge on any atom is -0.362 e. The van der Waals surface area contributed by atoms with E-state index in [2.05, 4.69) is 12.3 Å². The van der Waals surface area contributed by atoms with Gasteiger partial charge in [0, 0.05) is 5.57 Å². The number of carbonyl (C=O) groups is 1. The molecule has 92 valence electrons. The average Bonchev–Trinajstić information content (AvgIpc) is 2.21. The maximum Gasteiger partial charge on any atom is 0.181 e. The summed E-state index contributed by atoms with van der Waals surface area (Å²) < 4.78 is 5.71. The van der Waals surface area contributed by atoms with Crippen LogP contribution in [-0.4, -0.2) is 18.0 Å². The summed E-state index contributed by atoms with van der Waals surface area (Å²) in [5.74, 6) is 0.0674. The summed E-state index contributed by atoms with van der Waals surface area (Å²) in [5.41, 5.74) is 2.77. The Labute approximate surface area is 103 Å². The fraction of sp³-hybridized carbons (Fsp3) is 0.467. The first kappa shape index (κ1) is 13.7. The largest absolute Gasteiger partial charge is 0.362 e. The summed E-state index contributed by atoms with van der Waals surface area (Å²) >= 11 is 0. The molecule has 0 heterocycles. The molecular formula is C15H20O2. The van der Waals surface area contributed by atoms with Crippen LogP contribution in [-0.2, 0) is 9.53 Å². The summed E-state index contributed by atoms with van der Waals surface area (Å²) in [6, 6.07) is 0. The van der Waals surface area contributed by atoms with Crippen molar-refractivity contribution in [2.45, 2.75) is 33.3 Å². The van der Waals surface area contributed by atoms with Gasteiger partial charge in [0.15, 0.2) is 5.78 Å². The highest BCUT2D eigenvalue weighted by atomic mass is 16.5. The van der Waals surface area contributed by atoms with Gasteiger partial charge in [0.2, 0.25) is 0 Å². The van der Waals surface area contributed by atoms with E-state index in [-0.39, 0.29) is 11.2 Å². The standard InChI is InChI=1S/C15H20O2/c1-6-7-10-17-15(5)9-8-13(16)12(11-15)14(2,3)4/h7-9,11H,1,10H2,2-5H3/t15-/m1/s1. The zero-order chi connectivity index (χ0) is 13.1. The highest BCUT2D eigenvalue weighted by Gasteiger charge is 2.31. The van der Waals surface area contributed by atoms with Gasteiger partial charge >= 0.3 is 0 Å². The van der Waals surface area contributed by atoms with E-state index < -0.39 is 5.60 Å². The van der Waals surface area contributed by atoms with Crippen molar-refractivity contribution in [3.8, 4) is 0 Å². The van der Waals surface area contributed by atoms with E-state index in [0.29, 0.717) is 6.61 Å². The van der Waals surface area contributed by atoms with Crippen LogP contribution >= 0.6 is 0 Å². The Hall–Kier alpha value is -1.37. The Morgan fingerprint density at radius 3 is 2.71 bits per heavy atom. The molecule has 1 aliphatic rings. The van der Waals surface area contributed by atoms with Gasteiger partial charge in [0.25, 0.3) is 0 Å². The first-order chi connectivity index (χ1) is 7.78. The lowest BCUT2D eigenvalue weighted by Crippen LogP contribution is -2.31. The summed E-state index contributed by atoms with van der Waals surface area (Å²) in [7, 11) is 0. The van der Waals surface area contributed by atoms with Gasteiger partial charge in [0.1, 0.15) is 5.60 Å². The summed E-state index contributed by atoms with van der Waals surface area (Å²) in [4.78, 5) is 11.8. The third-order valence-electron chi connectivity index (χ3n) is 2.69. The van der Waals surface area contributed by atoms with Crippen molar-refractivity contribution >= 4 is 5.78 Å². The molecule has 17 heavy (non-hydrogen) atoms. The number of carbonyl (C=O) groups excluding carboxylic acids is 1. The molecule has 0 aromatic rings. The molecule has 1 aliphatic carbocycles. The number of allylic oxidation sites excluding steroid dienone is 2. The predicted octanol–water partition coefficient (Wildman–Crippen LogP) is 3.21. The van der Waals surface area contributed by atoms with Crippen LogP contribution in [0.3, 0.4) is 0 Å². The fourth-order valence-corrected chi connectivity index (χ4v) is 1.69. The Balaban J connectivity index is 2.96. The van der Waals surface area contributed by atoms with E-state index in [1.807, 2.05) is 33.8 Å². The molecule has 0 aromatic carbocycles. The third-order valence-corrected chi connectivity index (χ3v) is 2.69. The zero-order valence-corrected chi connectivity index (χ0v) is 11.0. The number of ketones is 1. The predicted molar refractivity (Wildman–Crippen MR) is 69.8 cm³/mol. The van der Waals surface area contributed by atoms with Gasteiger partial charge in [-0.2, -0.15) is 0 Å². The highest BCUT2D eigenvalue weighted by Crippen LogP contribution is 2.32. The SMILES string of the molecule is C=C=CCO[C@]1(C)C=CC(=O)C(C(C)(C)C)=C1. The molecule has 1 rings (SSSR count). The van der Waals surface area contributed by atoms with E-state index in [0.717, 1.165) is 5.57 Å². The van der Waals surface area contributed by atoms with Gasteiger partial charge in [-0.3, -0.25) is 4.79 Å². The molecule has 0 amide bonds. The normalized spacial score (nSPS) is 24.2. The Morgan fingerprint density at radius 2 is 2.18 bits per heavy atom. The molecule has 2 heteroatoms. The van der Waals surface area contributed by atoms with Crippen molar-refractivity contribution in [1.82, 2.24) is 0 Å². The van der Waals surface area contributed by atoms with Crippen molar-refractivity contribution < 1.29 is 9.53 Å². The molecule has 0 aliphatic heterocycles. The summed E-state index contributed by atoms with van der Waals surface area (Å²) in [6.45, 7) is 11.9. The van der Waals surface area contributed by atoms with E-state index in [9.17, 15) is 4.79 Å². The molecule has 0 unspecified atom stereocenters. The molecule has 0 aromatic heterocycles. The summed E-state index contributed by atoms with van der Waals surface area (Å²) in [5, 5.41) is 0. The second-order valence-electron chi connectivity index (χ2n) is 5.41. The first-order valence-electron chi connectivity index (χ1n) is 5.74. The number of ether oxygens (including phenoxy) is 1. The second kappa shape index (κ2) is 4.87. The monoisotopic (exact) mass is 232 g/mol. The van der Waals surface area contributed by atoms with Crippen molar-refractivity contribution in [1.29, 1.82) is 0 Å². The molecule has 1 atom stereocenters. The molecule has 0 N–H and O–H groups in total. The van der Waals surface area contributed by atoms with E-state index >= 15 is 0 Å². The van der Waals surface area contributed by atoms with E-state index in [1.54, 1.807) is 18.2 Å². The molecule has 0 bridgehead atoms. The minimum atomic E-state index is -0.524. The number of hydrogen-bond acceptors (Lipinski definition) is 2. The minimum absolute atomic E-state index is 0.0674. The zero-order valence-electron chi connectivity index (χ0n) is 11.0. The number of hydrogen-bond donors (Lipinski definition) is 0. The van der Waals surface area contributed by atoms with Crippen LogP contribution in [0.5, 0.6) is 0 Å². The van der Waals surface area contributed by atoms with Gasteiger partial charge < -0.3 is 4.74 Å². The quantitative estimate of drug-likeness (QED) is 0.698. The lowest BCUT2D eigenvalue weighted by molar-refractivity contribution is -0.112. The van der Waals surface area contributed by atoms with Crippen molar-refractivity contribution in [3.63, 3.8) is 0 Å². The van der Waals surface area contributed by atoms with Crippen molar-refractivity contribution in [3.05, 3.63) is 42.2 Å². The summed E-state index contributed by atoms with van der Waals surface area (Å²) in [6.07, 6.45) is 7.02. The van der Waals surface area contributed by atoms with Crippen LogP contribution < -0.4 is 0 Å². The Bertz CT molecular complexity index is 415. The van der Waals surface area contributed by atoms with Crippen LogP contribution in [0.4, 0.5) is 0 Å². The fourth-order valence-electron chi connectivity index (χ4n) is 1.69. The molecule has 0 fully saturated rings. The maximum absolute atomic E-state index is 11.8. The van der Waals surface area contributed by atoms with Crippen LogP contribution in [0, 0.1) is 5.41 Å². The molecule has 0 saturated heterocycles. The van der Waals surface area contributed by atoms with Crippen LogP contribution in [0.25, 0.3) is 0 Å². The molecular weight excluding hydrogens is 212 g/mol. The second-order valence-corrected chi connectivity index (χ2v) is 5.41. The first-order valence-corrected chi connectivity index (χ1v) is 5.74. The van der Waals surface area contributed by atoms with Crippen LogP contribution in [0.15, 0.2) is 42.2 Å². The highest BCUT2D eigenvalue weighted by molar-refractivity contribution is 6.06. The van der Waals surface area contributed by atoms with Crippen molar-refractivity contribution in [2.75, 3.05) is 6.61 Å². The van der Waals surface area contributed by atoms with Crippen molar-refractivity contribution in [2.24, 2.45) is 5.41 Å². The van der Waals surface area contributed by atoms with Crippen LogP contribution in [0.2, 0.25) is 0 Å². The Morgan fingerprint density at radius 1 is 1.53 bits per heavy atom. The van der Waals surface area contributed by atoms with Gasteiger partial charge in [0.05, 0.1) is 6.61 Å². The topological polar surface area (TPSA) is 26.3 Å². The third kappa shape index (κ3) is 3.55. The van der Waals surface area contributed by atoms with Gasteiger partial charge in [-0.1, -0.05) is 27.4 Å². The van der Waals surface area contributed by atoms with Gasteiger partial charge in [-0.05, 0) is 36.6 Å². The smallest absolute Gasteiger partial charge is 0.181 e.